The van der Waals surface area contributed by atoms with E-state index in [1.54, 1.807) is 24.3 Å². The number of nitrogens with zero attached hydrogens (tertiary/aromatic N) is 1. The number of hydrogen-bond acceptors (Lipinski definition) is 8. The number of hydrogen-bond donors (Lipinski definition) is 2. The Balaban J connectivity index is 1.51. The van der Waals surface area contributed by atoms with Crippen molar-refractivity contribution in [2.45, 2.75) is 13.3 Å². The molecule has 1 atom stereocenters. The summed E-state index contributed by atoms with van der Waals surface area (Å²) in [6.07, 6.45) is -0.173. The van der Waals surface area contributed by atoms with Gasteiger partial charge in [0.05, 0.1) is 26.7 Å². The molecule has 1 fully saturated rings. The van der Waals surface area contributed by atoms with Gasteiger partial charge in [-0.1, -0.05) is 12.1 Å². The van der Waals surface area contributed by atoms with Gasteiger partial charge >= 0.3 is 5.97 Å². The maximum absolute atomic E-state index is 12.6. The molecule has 0 bridgehead atoms. The van der Waals surface area contributed by atoms with Crippen LogP contribution in [-0.4, -0.2) is 61.9 Å². The first-order valence-corrected chi connectivity index (χ1v) is 10.6. The van der Waals surface area contributed by atoms with Gasteiger partial charge in [0.25, 0.3) is 11.8 Å². The molecule has 2 aromatic rings. The molecule has 1 saturated heterocycles. The van der Waals surface area contributed by atoms with E-state index in [4.69, 9.17) is 14.2 Å². The van der Waals surface area contributed by atoms with Crippen LogP contribution in [0.15, 0.2) is 42.5 Å². The Morgan fingerprint density at radius 1 is 1.00 bits per heavy atom. The molecule has 35 heavy (non-hydrogen) atoms. The Labute approximate surface area is 201 Å². The molecule has 1 heterocycles. The molecule has 0 saturated carbocycles. The summed E-state index contributed by atoms with van der Waals surface area (Å²) in [5.74, 6) is -2.58. The number of benzene rings is 2. The average molecular weight is 483 g/mol. The third-order valence-electron chi connectivity index (χ3n) is 5.24. The highest BCUT2D eigenvalue weighted by molar-refractivity contribution is 5.98. The summed E-state index contributed by atoms with van der Waals surface area (Å²) in [5.41, 5.74) is 3.51. The van der Waals surface area contributed by atoms with Crippen LogP contribution in [0.4, 0.5) is 5.69 Å². The number of nitrogens with one attached hydrogen (secondary N) is 2. The van der Waals surface area contributed by atoms with Crippen LogP contribution < -0.4 is 20.2 Å². The van der Waals surface area contributed by atoms with Crippen LogP contribution in [-0.2, 0) is 19.1 Å². The summed E-state index contributed by atoms with van der Waals surface area (Å²) in [6.45, 7) is 0.746. The Morgan fingerprint density at radius 2 is 1.74 bits per heavy atom. The van der Waals surface area contributed by atoms with Crippen molar-refractivity contribution >= 4 is 35.2 Å². The van der Waals surface area contributed by atoms with Gasteiger partial charge in [-0.15, -0.1) is 0 Å². The summed E-state index contributed by atoms with van der Waals surface area (Å²) in [6, 6.07) is 10.9. The molecule has 2 aromatic carbocycles. The summed E-state index contributed by atoms with van der Waals surface area (Å²) >= 11 is 0. The van der Waals surface area contributed by atoms with Gasteiger partial charge in [0.2, 0.25) is 5.91 Å². The highest BCUT2D eigenvalue weighted by Gasteiger charge is 2.36. The van der Waals surface area contributed by atoms with Gasteiger partial charge in [0.1, 0.15) is 0 Å². The topological polar surface area (TPSA) is 140 Å². The second kappa shape index (κ2) is 11.1. The quantitative estimate of drug-likeness (QED) is 0.405. The van der Waals surface area contributed by atoms with E-state index in [0.717, 1.165) is 5.01 Å². The lowest BCUT2D eigenvalue weighted by atomic mass is 10.1. The Bertz CT molecular complexity index is 1160. The molecule has 0 aromatic heterocycles. The number of ketones is 1. The van der Waals surface area contributed by atoms with Crippen LogP contribution in [0.5, 0.6) is 11.5 Å². The minimum atomic E-state index is -0.845. The smallest absolute Gasteiger partial charge is 0.311 e. The molecule has 11 nitrogen and oxygen atoms in total. The van der Waals surface area contributed by atoms with Crippen molar-refractivity contribution in [2.24, 2.45) is 5.92 Å². The van der Waals surface area contributed by atoms with Crippen LogP contribution >= 0.6 is 0 Å². The normalized spacial score (nSPS) is 14.8. The number of anilines is 1. The van der Waals surface area contributed by atoms with E-state index in [1.165, 1.54) is 39.3 Å². The number of esters is 1. The summed E-state index contributed by atoms with van der Waals surface area (Å²) < 4.78 is 15.3. The zero-order valence-corrected chi connectivity index (χ0v) is 19.5. The van der Waals surface area contributed by atoms with Crippen LogP contribution in [0.2, 0.25) is 0 Å². The van der Waals surface area contributed by atoms with Gasteiger partial charge in [-0.3, -0.25) is 34.4 Å². The van der Waals surface area contributed by atoms with E-state index in [9.17, 15) is 24.0 Å². The van der Waals surface area contributed by atoms with E-state index in [1.807, 2.05) is 0 Å². The number of rotatable bonds is 9. The third-order valence-corrected chi connectivity index (χ3v) is 5.24. The highest BCUT2D eigenvalue weighted by Crippen LogP contribution is 2.27. The zero-order valence-electron chi connectivity index (χ0n) is 19.5. The fraction of sp³-hybridized carbons (Fsp3) is 0.292. The average Bonchev–Trinajstić information content (AvgIpc) is 3.22. The number of ether oxygens (including phenoxy) is 3. The first-order chi connectivity index (χ1) is 16.7. The lowest BCUT2D eigenvalue weighted by Crippen LogP contribution is -2.43. The predicted octanol–water partition coefficient (Wildman–Crippen LogP) is 1.58. The molecule has 0 aliphatic carbocycles. The maximum atomic E-state index is 12.6. The van der Waals surface area contributed by atoms with Gasteiger partial charge in [-0.2, -0.15) is 0 Å². The minimum Gasteiger partial charge on any atom is -0.493 e. The minimum absolute atomic E-state index is 0.0982. The van der Waals surface area contributed by atoms with E-state index in [0.29, 0.717) is 22.7 Å². The monoisotopic (exact) mass is 483 g/mol. The van der Waals surface area contributed by atoms with Gasteiger partial charge in [0.15, 0.2) is 23.9 Å². The van der Waals surface area contributed by atoms with Crippen LogP contribution in [0, 0.1) is 5.92 Å². The molecular weight excluding hydrogens is 458 g/mol. The molecular formula is C24H25N3O8. The van der Waals surface area contributed by atoms with Gasteiger partial charge < -0.3 is 19.5 Å². The van der Waals surface area contributed by atoms with Gasteiger partial charge in [0, 0.05) is 23.2 Å². The van der Waals surface area contributed by atoms with E-state index >= 15 is 0 Å². The van der Waals surface area contributed by atoms with Crippen LogP contribution in [0.1, 0.15) is 34.1 Å². The molecule has 1 aliphatic heterocycles. The standard InChI is InChI=1S/C24H25N3O8/c1-14(28)15-5-4-6-18(9-15)25-21(29)13-35-24(32)17-11-22(30)27(12-17)26-23(31)16-7-8-19(33-2)20(10-16)34-3/h4-10,17H,11-13H2,1-3H3,(H,25,29)(H,26,31)/t17-/m0/s1. The molecule has 3 rings (SSSR count). The number of hydrazine groups is 1. The number of carbonyl (C=O) groups is 5. The molecule has 184 valence electrons. The fourth-order valence-electron chi connectivity index (χ4n) is 3.41. The molecule has 1 aliphatic rings. The molecule has 0 radical (unpaired) electrons. The molecule has 0 spiro atoms. The van der Waals surface area contributed by atoms with Crippen LogP contribution in [0.25, 0.3) is 0 Å². The highest BCUT2D eigenvalue weighted by atomic mass is 16.5. The second-order valence-corrected chi connectivity index (χ2v) is 7.71. The lowest BCUT2D eigenvalue weighted by Gasteiger charge is -2.18. The largest absolute Gasteiger partial charge is 0.493 e. The number of methoxy groups -OCH3 is 2. The van der Waals surface area contributed by atoms with Crippen molar-refractivity contribution in [1.29, 1.82) is 0 Å². The number of amides is 3. The number of carbonyl (C=O) groups excluding carboxylic acids is 5. The van der Waals surface area contributed by atoms with Crippen molar-refractivity contribution in [3.05, 3.63) is 53.6 Å². The van der Waals surface area contributed by atoms with Crippen molar-refractivity contribution in [3.8, 4) is 11.5 Å². The Kier molecular flexibility index (Phi) is 8.03. The van der Waals surface area contributed by atoms with E-state index in [2.05, 4.69) is 10.7 Å². The summed E-state index contributed by atoms with van der Waals surface area (Å²) in [4.78, 5) is 60.8. The fourth-order valence-corrected chi connectivity index (χ4v) is 3.41. The third kappa shape index (κ3) is 6.34. The first kappa shape index (κ1) is 25.2. The molecule has 2 N–H and O–H groups in total. The van der Waals surface area contributed by atoms with Crippen molar-refractivity contribution in [2.75, 3.05) is 32.7 Å². The predicted molar refractivity (Wildman–Crippen MR) is 123 cm³/mol. The Hall–Kier alpha value is -4.41. The van der Waals surface area contributed by atoms with Crippen molar-refractivity contribution in [1.82, 2.24) is 10.4 Å². The SMILES string of the molecule is COc1ccc(C(=O)NN2C[C@@H](C(=O)OCC(=O)Nc3cccc(C(C)=O)c3)CC2=O)cc1OC. The molecule has 0 unspecified atom stereocenters. The lowest BCUT2D eigenvalue weighted by molar-refractivity contribution is -0.151. The first-order valence-electron chi connectivity index (χ1n) is 10.6. The number of Topliss-reactive ketones (excluding diaryl/α,β-unsaturated/α-hetero) is 1. The zero-order chi connectivity index (χ0) is 25.5. The molecule has 11 heteroatoms. The summed E-state index contributed by atoms with van der Waals surface area (Å²) in [7, 11) is 2.90. The van der Waals surface area contributed by atoms with Gasteiger partial charge in [-0.05, 0) is 37.3 Å². The van der Waals surface area contributed by atoms with Crippen LogP contribution in [0.3, 0.4) is 0 Å². The molecule has 3 amide bonds. The van der Waals surface area contributed by atoms with Gasteiger partial charge in [-0.25, -0.2) is 0 Å². The second-order valence-electron chi connectivity index (χ2n) is 7.71. The van der Waals surface area contributed by atoms with Crippen molar-refractivity contribution < 1.29 is 38.2 Å². The summed E-state index contributed by atoms with van der Waals surface area (Å²) in [5, 5.41) is 3.58. The maximum Gasteiger partial charge on any atom is 0.311 e. The van der Waals surface area contributed by atoms with E-state index in [-0.39, 0.29) is 24.3 Å². The van der Waals surface area contributed by atoms with E-state index < -0.39 is 36.2 Å². The Morgan fingerprint density at radius 3 is 2.43 bits per heavy atom. The van der Waals surface area contributed by atoms with Crippen molar-refractivity contribution in [3.63, 3.8) is 0 Å².